The first-order chi connectivity index (χ1) is 15.9. The Morgan fingerprint density at radius 2 is 1.71 bits per heavy atom. The summed E-state index contributed by atoms with van der Waals surface area (Å²) in [5.74, 6) is -1.66. The van der Waals surface area contributed by atoms with Gasteiger partial charge in [0.1, 0.15) is 5.69 Å². The van der Waals surface area contributed by atoms with Crippen LogP contribution in [0.1, 0.15) is 66.6 Å². The molecule has 1 amide bonds. The van der Waals surface area contributed by atoms with E-state index in [-0.39, 0.29) is 23.4 Å². The molecule has 5 nitrogen and oxygen atoms in total. The molecule has 4 rings (SSSR count). The fourth-order valence-corrected chi connectivity index (χ4v) is 3.83. The number of amides is 1. The number of alkyl halides is 3. The van der Waals surface area contributed by atoms with Gasteiger partial charge in [0, 0.05) is 25.4 Å². The molecule has 0 radical (unpaired) electrons. The molecule has 0 aliphatic heterocycles. The standard InChI is InChI=1S/C13H16F2.C9H7N3O2.C2H3F3/c1-9-11(7-8-12(14)13(9)15)10-5-3-2-4-6-10;10-9(14)8-7-5(1-3-12-8)11-4-2-6(7)13;1-2(3,4)5/h7-8,10H,2-6H2,1H3;1-4H,(H2,10,14)(H,11,13);1H3. The summed E-state index contributed by atoms with van der Waals surface area (Å²) >= 11 is 0. The van der Waals surface area contributed by atoms with Crippen molar-refractivity contribution in [1.82, 2.24) is 9.97 Å². The van der Waals surface area contributed by atoms with Gasteiger partial charge in [-0.15, -0.1) is 0 Å². The van der Waals surface area contributed by atoms with Gasteiger partial charge in [0.05, 0.1) is 10.9 Å². The van der Waals surface area contributed by atoms with E-state index in [9.17, 15) is 31.5 Å². The number of rotatable bonds is 2. The van der Waals surface area contributed by atoms with Crippen LogP contribution in [-0.2, 0) is 0 Å². The van der Waals surface area contributed by atoms with E-state index in [0.717, 1.165) is 18.4 Å². The van der Waals surface area contributed by atoms with Crippen molar-refractivity contribution in [3.05, 3.63) is 75.3 Å². The Kier molecular flexibility index (Phi) is 9.28. The van der Waals surface area contributed by atoms with E-state index in [2.05, 4.69) is 9.97 Å². The van der Waals surface area contributed by atoms with E-state index < -0.39 is 23.7 Å². The van der Waals surface area contributed by atoms with Crippen LogP contribution in [0.15, 0.2) is 41.5 Å². The summed E-state index contributed by atoms with van der Waals surface area (Å²) in [6.07, 6.45) is 4.87. The molecule has 1 saturated carbocycles. The zero-order valence-corrected chi connectivity index (χ0v) is 18.8. The Morgan fingerprint density at radius 3 is 2.29 bits per heavy atom. The van der Waals surface area contributed by atoms with Crippen LogP contribution >= 0.6 is 0 Å². The molecule has 1 aliphatic carbocycles. The lowest BCUT2D eigenvalue weighted by Gasteiger charge is -2.23. The van der Waals surface area contributed by atoms with Crippen molar-refractivity contribution < 1.29 is 26.7 Å². The van der Waals surface area contributed by atoms with Crippen LogP contribution in [0.4, 0.5) is 22.0 Å². The number of fused-ring (bicyclic) bond motifs is 1. The predicted octanol–water partition coefficient (Wildman–Crippen LogP) is 5.91. The van der Waals surface area contributed by atoms with E-state index in [4.69, 9.17) is 5.73 Å². The second kappa shape index (κ2) is 11.7. The van der Waals surface area contributed by atoms with Crippen molar-refractivity contribution in [3.63, 3.8) is 0 Å². The normalized spacial score (nSPS) is 14.0. The maximum absolute atomic E-state index is 13.4. The number of benzene rings is 1. The van der Waals surface area contributed by atoms with Crippen molar-refractivity contribution in [2.75, 3.05) is 0 Å². The Hall–Kier alpha value is -3.30. The number of nitrogens with two attached hydrogens (primary N) is 1. The van der Waals surface area contributed by atoms with Crippen molar-refractivity contribution in [1.29, 1.82) is 0 Å². The number of halogens is 5. The van der Waals surface area contributed by atoms with Gasteiger partial charge in [-0.3, -0.25) is 14.6 Å². The van der Waals surface area contributed by atoms with Crippen LogP contribution in [0.5, 0.6) is 0 Å². The van der Waals surface area contributed by atoms with Crippen molar-refractivity contribution in [2.24, 2.45) is 5.73 Å². The Labute approximate surface area is 193 Å². The number of hydrogen-bond donors (Lipinski definition) is 2. The molecular weight excluding hydrogens is 457 g/mol. The molecule has 1 fully saturated rings. The van der Waals surface area contributed by atoms with Gasteiger partial charge in [0.25, 0.3) is 5.91 Å². The van der Waals surface area contributed by atoms with Gasteiger partial charge >= 0.3 is 6.18 Å². The molecule has 0 atom stereocenters. The number of aromatic amines is 1. The second-order valence-corrected chi connectivity index (χ2v) is 7.98. The highest BCUT2D eigenvalue weighted by atomic mass is 19.4. The summed E-state index contributed by atoms with van der Waals surface area (Å²) < 4.78 is 57.4. The minimum Gasteiger partial charge on any atom is -0.364 e. The number of nitrogens with zero attached hydrogens (tertiary/aromatic N) is 1. The SMILES string of the molecule is CC(F)(F)F.Cc1c(C2CCCCC2)ccc(F)c1F.NC(=O)c1nccc2[nH]ccc(=O)c12. The van der Waals surface area contributed by atoms with Gasteiger partial charge in [0.15, 0.2) is 17.1 Å². The minimum atomic E-state index is -4.00. The summed E-state index contributed by atoms with van der Waals surface area (Å²) in [6.45, 7) is 1.87. The van der Waals surface area contributed by atoms with E-state index in [0.29, 0.717) is 17.0 Å². The summed E-state index contributed by atoms with van der Waals surface area (Å²) in [7, 11) is 0. The fraction of sp³-hybridized carbons (Fsp3) is 0.375. The third kappa shape index (κ3) is 7.64. The Morgan fingerprint density at radius 1 is 1.09 bits per heavy atom. The molecule has 34 heavy (non-hydrogen) atoms. The molecule has 0 saturated heterocycles. The first-order valence-electron chi connectivity index (χ1n) is 10.7. The fourth-order valence-electron chi connectivity index (χ4n) is 3.83. The number of carbonyl (C=O) groups is 1. The van der Waals surface area contributed by atoms with Crippen LogP contribution in [0.25, 0.3) is 10.9 Å². The number of nitrogens with one attached hydrogen (secondary N) is 1. The number of H-pyrrole nitrogens is 1. The van der Waals surface area contributed by atoms with E-state index >= 15 is 0 Å². The van der Waals surface area contributed by atoms with Crippen LogP contribution in [0.2, 0.25) is 0 Å². The molecule has 0 unspecified atom stereocenters. The Bertz CT molecular complexity index is 1170. The zero-order chi connectivity index (χ0) is 25.5. The van der Waals surface area contributed by atoms with Crippen molar-refractivity contribution >= 4 is 16.8 Å². The lowest BCUT2D eigenvalue weighted by Crippen LogP contribution is -2.17. The summed E-state index contributed by atoms with van der Waals surface area (Å²) in [5, 5.41) is 0.238. The van der Waals surface area contributed by atoms with Gasteiger partial charge < -0.3 is 10.7 Å². The molecule has 3 aromatic rings. The molecule has 10 heteroatoms. The highest BCUT2D eigenvalue weighted by Crippen LogP contribution is 2.35. The highest BCUT2D eigenvalue weighted by molar-refractivity contribution is 6.03. The molecule has 1 aliphatic rings. The third-order valence-electron chi connectivity index (χ3n) is 5.33. The van der Waals surface area contributed by atoms with Crippen molar-refractivity contribution in [2.45, 2.75) is 58.0 Å². The molecule has 2 heterocycles. The van der Waals surface area contributed by atoms with Crippen LogP contribution in [-0.4, -0.2) is 22.1 Å². The topological polar surface area (TPSA) is 88.8 Å². The molecule has 3 N–H and O–H groups in total. The van der Waals surface area contributed by atoms with Gasteiger partial charge in [-0.1, -0.05) is 25.3 Å². The molecule has 0 spiro atoms. The van der Waals surface area contributed by atoms with Gasteiger partial charge in [-0.2, -0.15) is 13.2 Å². The second-order valence-electron chi connectivity index (χ2n) is 7.98. The van der Waals surface area contributed by atoms with Gasteiger partial charge in [0.2, 0.25) is 0 Å². The number of pyridine rings is 2. The summed E-state index contributed by atoms with van der Waals surface area (Å²) in [5.41, 5.74) is 6.90. The average Bonchev–Trinajstić information content (AvgIpc) is 2.77. The maximum atomic E-state index is 13.4. The first kappa shape index (κ1) is 26.9. The summed E-state index contributed by atoms with van der Waals surface area (Å²) in [4.78, 5) is 29.0. The number of hydrogen-bond acceptors (Lipinski definition) is 3. The van der Waals surface area contributed by atoms with Crippen LogP contribution < -0.4 is 11.2 Å². The molecule has 1 aromatic carbocycles. The minimum absolute atomic E-state index is 0.00403. The maximum Gasteiger partial charge on any atom is 0.386 e. The third-order valence-corrected chi connectivity index (χ3v) is 5.33. The lowest BCUT2D eigenvalue weighted by atomic mass is 9.82. The van der Waals surface area contributed by atoms with E-state index in [1.54, 1.807) is 19.1 Å². The predicted molar refractivity (Wildman–Crippen MR) is 120 cm³/mol. The van der Waals surface area contributed by atoms with Gasteiger partial charge in [-0.25, -0.2) is 8.78 Å². The monoisotopic (exact) mass is 483 g/mol. The highest BCUT2D eigenvalue weighted by Gasteiger charge is 2.20. The molecule has 184 valence electrons. The van der Waals surface area contributed by atoms with E-state index in [1.807, 2.05) is 0 Å². The molecule has 0 bridgehead atoms. The van der Waals surface area contributed by atoms with Crippen LogP contribution in [0, 0.1) is 18.6 Å². The van der Waals surface area contributed by atoms with E-state index in [1.165, 1.54) is 43.8 Å². The number of aromatic nitrogens is 2. The quantitative estimate of drug-likeness (QED) is 0.444. The van der Waals surface area contributed by atoms with Crippen molar-refractivity contribution in [3.8, 4) is 0 Å². The largest absolute Gasteiger partial charge is 0.386 e. The zero-order valence-electron chi connectivity index (χ0n) is 18.8. The van der Waals surface area contributed by atoms with Crippen LogP contribution in [0.3, 0.4) is 0 Å². The first-order valence-corrected chi connectivity index (χ1v) is 10.7. The average molecular weight is 483 g/mol. The lowest BCUT2D eigenvalue weighted by molar-refractivity contribution is -0.110. The Balaban J connectivity index is 0.000000202. The number of carbonyl (C=O) groups excluding carboxylic acids is 1. The van der Waals surface area contributed by atoms with Gasteiger partial charge in [-0.05, 0) is 48.9 Å². The number of primary amides is 1. The molecule has 2 aromatic heterocycles. The smallest absolute Gasteiger partial charge is 0.364 e. The summed E-state index contributed by atoms with van der Waals surface area (Å²) in [6, 6.07) is 5.95. The molecular formula is C24H26F5N3O2.